The number of hydrogen-bond acceptors (Lipinski definition) is 6. The molecule has 7 nitrogen and oxygen atoms in total. The number of alkyl halides is 8. The van der Waals surface area contributed by atoms with Gasteiger partial charge in [-0.2, -0.15) is 22.0 Å². The maximum absolute atomic E-state index is 15.6. The molecule has 0 bridgehead atoms. The summed E-state index contributed by atoms with van der Waals surface area (Å²) in [5.74, 6) is -6.90. The maximum atomic E-state index is 15.6. The molecule has 15 heteroatoms. The summed E-state index contributed by atoms with van der Waals surface area (Å²) in [4.78, 5) is 29.3. The number of carbonyl (C=O) groups excluding carboxylic acids is 2. The van der Waals surface area contributed by atoms with Crippen molar-refractivity contribution in [3.05, 3.63) is 82.5 Å². The predicted molar refractivity (Wildman–Crippen MR) is 168 cm³/mol. The summed E-state index contributed by atoms with van der Waals surface area (Å²) in [6, 6.07) is 11.1. The van der Waals surface area contributed by atoms with E-state index >= 15 is 8.78 Å². The summed E-state index contributed by atoms with van der Waals surface area (Å²) in [6.45, 7) is 1.51. The number of benzene rings is 2. The monoisotopic (exact) mass is 726 g/mol. The van der Waals surface area contributed by atoms with Gasteiger partial charge in [0.05, 0.1) is 6.21 Å². The number of anilines is 1. The molecule has 0 aliphatic heterocycles. The summed E-state index contributed by atoms with van der Waals surface area (Å²) in [6.07, 6.45) is -7.40. The maximum Gasteiger partial charge on any atom is 0.573 e. The number of nitrogens with zero attached hydrogens (tertiary/aromatic N) is 1. The third-order valence-electron chi connectivity index (χ3n) is 11.1. The van der Waals surface area contributed by atoms with Gasteiger partial charge in [-0.1, -0.05) is 41.9 Å². The minimum absolute atomic E-state index is 0.00191. The molecule has 6 rings (SSSR count). The Labute approximate surface area is 287 Å². The van der Waals surface area contributed by atoms with Crippen molar-refractivity contribution < 1.29 is 59.0 Å². The van der Waals surface area contributed by atoms with Gasteiger partial charge in [0.25, 0.3) is 0 Å². The summed E-state index contributed by atoms with van der Waals surface area (Å²) < 4.78 is 120. The normalized spacial score (nSPS) is 28.2. The lowest BCUT2D eigenvalue weighted by molar-refractivity contribution is -0.367. The summed E-state index contributed by atoms with van der Waals surface area (Å²) in [5.41, 5.74) is -0.196. The van der Waals surface area contributed by atoms with Gasteiger partial charge >= 0.3 is 24.6 Å². The van der Waals surface area contributed by atoms with Crippen LogP contribution in [0, 0.1) is 17.3 Å². The lowest BCUT2D eigenvalue weighted by Crippen LogP contribution is -2.66. The highest BCUT2D eigenvalue weighted by Gasteiger charge is 2.80. The molecule has 2 aromatic carbocycles. The quantitative estimate of drug-likeness (QED) is 0.133. The first-order valence-corrected chi connectivity index (χ1v) is 16.3. The van der Waals surface area contributed by atoms with Gasteiger partial charge in [-0.25, -0.2) is 4.79 Å². The van der Waals surface area contributed by atoms with Crippen LogP contribution in [0.2, 0.25) is 0 Å². The lowest BCUT2D eigenvalue weighted by atomic mass is 9.50. The first-order valence-electron chi connectivity index (χ1n) is 16.3. The molecule has 2 fully saturated rings. The van der Waals surface area contributed by atoms with Gasteiger partial charge in [0, 0.05) is 30.6 Å². The Morgan fingerprint density at radius 2 is 1.63 bits per heavy atom. The molecule has 51 heavy (non-hydrogen) atoms. The molecule has 4 aliphatic carbocycles. The predicted octanol–water partition coefficient (Wildman–Crippen LogP) is 9.65. The molecule has 274 valence electrons. The largest absolute Gasteiger partial charge is 0.573 e. The fourth-order valence-corrected chi connectivity index (χ4v) is 8.99. The van der Waals surface area contributed by atoms with Crippen LogP contribution in [0.3, 0.4) is 0 Å². The van der Waals surface area contributed by atoms with Gasteiger partial charge in [-0.05, 0) is 103 Å². The Morgan fingerprint density at radius 1 is 0.941 bits per heavy atom. The van der Waals surface area contributed by atoms with E-state index in [1.165, 1.54) is 25.3 Å². The third kappa shape index (κ3) is 6.53. The van der Waals surface area contributed by atoms with E-state index in [4.69, 9.17) is 9.57 Å². The highest BCUT2D eigenvalue weighted by atomic mass is 19.4. The molecule has 2 saturated carbocycles. The molecule has 0 radical (unpaired) electrons. The van der Waals surface area contributed by atoms with E-state index in [1.807, 2.05) is 0 Å². The number of fused-ring (bicyclic) bond motifs is 4. The zero-order valence-corrected chi connectivity index (χ0v) is 27.5. The second-order valence-electron chi connectivity index (χ2n) is 13.6. The van der Waals surface area contributed by atoms with Gasteiger partial charge in [-0.3, -0.25) is 14.9 Å². The molecule has 0 heterocycles. The van der Waals surface area contributed by atoms with Gasteiger partial charge < -0.3 is 9.47 Å². The summed E-state index contributed by atoms with van der Waals surface area (Å²) in [7, 11) is 0.935. The van der Waals surface area contributed by atoms with Crippen LogP contribution >= 0.6 is 0 Å². The molecule has 4 aliphatic rings. The van der Waals surface area contributed by atoms with Crippen molar-refractivity contribution >= 4 is 23.8 Å². The zero-order chi connectivity index (χ0) is 37.0. The Kier molecular flexibility index (Phi) is 9.35. The van der Waals surface area contributed by atoms with E-state index in [0.29, 0.717) is 36.8 Å². The van der Waals surface area contributed by atoms with Crippen LogP contribution in [0.1, 0.15) is 68.9 Å². The average Bonchev–Trinajstić information content (AvgIpc) is 3.37. The minimum atomic E-state index is -5.82. The SMILES string of the molecule is CO[C@@]1(C(F)(F)C(F)(F)F)CCC2C3CCC4=CC(=O)CCC4=C3[C@@H](c3ccc(/C=N/OC(=O)Nc4ccc(OC(F)(F)F)cc4)cc3)C[C@@]21C. The first-order chi connectivity index (χ1) is 23.9. The van der Waals surface area contributed by atoms with Crippen molar-refractivity contribution in [3.63, 3.8) is 0 Å². The Bertz CT molecular complexity index is 1770. The van der Waals surface area contributed by atoms with Crippen molar-refractivity contribution in [3.8, 4) is 5.75 Å². The van der Waals surface area contributed by atoms with Crippen LogP contribution in [0.4, 0.5) is 45.6 Å². The molecule has 0 aromatic heterocycles. The molecule has 5 atom stereocenters. The number of oxime groups is 1. The molecule has 1 N–H and O–H groups in total. The first kappa shape index (κ1) is 36.5. The van der Waals surface area contributed by atoms with Gasteiger partial charge in [-0.15, -0.1) is 13.2 Å². The number of methoxy groups -OCH3 is 1. The highest BCUT2D eigenvalue weighted by Crippen LogP contribution is 2.71. The van der Waals surface area contributed by atoms with E-state index in [2.05, 4.69) is 15.2 Å². The van der Waals surface area contributed by atoms with E-state index < -0.39 is 59.6 Å². The zero-order valence-electron chi connectivity index (χ0n) is 27.5. The van der Waals surface area contributed by atoms with Crippen molar-refractivity contribution in [1.82, 2.24) is 0 Å². The van der Waals surface area contributed by atoms with Crippen molar-refractivity contribution in [1.29, 1.82) is 0 Å². The fourth-order valence-electron chi connectivity index (χ4n) is 8.99. The molecule has 0 saturated heterocycles. The van der Waals surface area contributed by atoms with Crippen molar-refractivity contribution in [2.75, 3.05) is 12.4 Å². The number of nitrogens with one attached hydrogen (secondary N) is 1. The molecule has 2 aromatic rings. The van der Waals surface area contributed by atoms with E-state index in [-0.39, 0.29) is 30.2 Å². The number of ketones is 1. The Morgan fingerprint density at radius 3 is 2.25 bits per heavy atom. The second-order valence-corrected chi connectivity index (χ2v) is 13.6. The molecular weight excluding hydrogens is 692 g/mol. The van der Waals surface area contributed by atoms with Gasteiger partial charge in [0.15, 0.2) is 5.78 Å². The smallest absolute Gasteiger partial charge is 0.406 e. The Hall–Kier alpha value is -4.27. The van der Waals surface area contributed by atoms with E-state index in [9.17, 15) is 35.9 Å². The summed E-state index contributed by atoms with van der Waals surface area (Å²) in [5, 5.41) is 5.94. The van der Waals surface area contributed by atoms with Crippen LogP contribution < -0.4 is 10.1 Å². The van der Waals surface area contributed by atoms with Crippen molar-refractivity contribution in [2.45, 2.75) is 81.8 Å². The van der Waals surface area contributed by atoms with E-state index in [1.54, 1.807) is 30.3 Å². The number of ether oxygens (including phenoxy) is 2. The second kappa shape index (κ2) is 13.1. The number of rotatable bonds is 7. The van der Waals surface area contributed by atoms with Gasteiger partial charge in [0.2, 0.25) is 0 Å². The number of halogens is 8. The van der Waals surface area contributed by atoms with Crippen LogP contribution in [-0.4, -0.2) is 49.3 Å². The summed E-state index contributed by atoms with van der Waals surface area (Å²) >= 11 is 0. The average molecular weight is 727 g/mol. The topological polar surface area (TPSA) is 86.2 Å². The molecule has 0 spiro atoms. The third-order valence-corrected chi connectivity index (χ3v) is 11.1. The van der Waals surface area contributed by atoms with Gasteiger partial charge in [0.1, 0.15) is 11.4 Å². The van der Waals surface area contributed by atoms with Crippen molar-refractivity contribution in [2.24, 2.45) is 22.4 Å². The standard InChI is InChI=1S/C36H34F8N2O5/c1-32-18-28(21-5-3-20(4-6-21)19-45-51-31(48)46-23-8-11-25(12-9-23)50-36(42,43)44)30-26-14-10-24(47)17-22(26)7-13-27(30)29(32)15-16-33(32,49-2)34(37,38)35(39,40)41/h3-6,8-9,11-12,17,19,27-29H,7,10,13-16,18H2,1-2H3,(H,46,48)/b45-19+/t27?,28-,29?,32+,33+/m1/s1. The number of hydrogen-bond donors (Lipinski definition) is 1. The number of amides is 1. The lowest BCUT2D eigenvalue weighted by Gasteiger charge is -2.57. The Balaban J connectivity index is 1.25. The van der Waals surface area contributed by atoms with E-state index in [0.717, 1.165) is 36.0 Å². The molecular formula is C36H34F8N2O5. The number of carbonyl (C=O) groups is 2. The van der Waals surface area contributed by atoms with Crippen LogP contribution in [0.15, 0.2) is 76.5 Å². The molecule has 1 amide bonds. The van der Waals surface area contributed by atoms with Crippen LogP contribution in [0.25, 0.3) is 0 Å². The number of allylic oxidation sites excluding steroid dienone is 4. The molecule has 2 unspecified atom stereocenters. The minimum Gasteiger partial charge on any atom is -0.406 e. The highest BCUT2D eigenvalue weighted by molar-refractivity contribution is 5.93. The fraction of sp³-hybridized carbons (Fsp3) is 0.472. The van der Waals surface area contributed by atoms with Crippen LogP contribution in [-0.2, 0) is 14.4 Å². The van der Waals surface area contributed by atoms with Crippen LogP contribution in [0.5, 0.6) is 5.75 Å².